The lowest BCUT2D eigenvalue weighted by molar-refractivity contribution is 0.797. The van der Waals surface area contributed by atoms with Crippen molar-refractivity contribution in [3.8, 4) is 0 Å². The van der Waals surface area contributed by atoms with Gasteiger partial charge in [0.15, 0.2) is 5.96 Å². The van der Waals surface area contributed by atoms with Gasteiger partial charge >= 0.3 is 0 Å². The number of hydrogen-bond donors (Lipinski definition) is 2. The summed E-state index contributed by atoms with van der Waals surface area (Å²) in [4.78, 5) is 10.6. The third kappa shape index (κ3) is 7.17. The largest absolute Gasteiger partial charge is 0.357 e. The van der Waals surface area contributed by atoms with Gasteiger partial charge in [0.05, 0.1) is 17.2 Å². The van der Waals surface area contributed by atoms with Gasteiger partial charge in [-0.15, -0.1) is 46.7 Å². The Bertz CT molecular complexity index is 579. The van der Waals surface area contributed by atoms with Crippen molar-refractivity contribution in [1.29, 1.82) is 0 Å². The molecule has 2 N–H and O–H groups in total. The molecule has 0 unspecified atom stereocenters. The van der Waals surface area contributed by atoms with E-state index in [1.807, 2.05) is 0 Å². The topological polar surface area (TPSA) is 49.3 Å². The zero-order valence-electron chi connectivity index (χ0n) is 13.8. The van der Waals surface area contributed by atoms with Crippen LogP contribution in [0.3, 0.4) is 0 Å². The van der Waals surface area contributed by atoms with Gasteiger partial charge in [0, 0.05) is 29.3 Å². The van der Waals surface area contributed by atoms with Gasteiger partial charge in [-0.1, -0.05) is 19.9 Å². The van der Waals surface area contributed by atoms with Gasteiger partial charge in [-0.05, 0) is 24.8 Å². The molecule has 2 aromatic rings. The van der Waals surface area contributed by atoms with Crippen molar-refractivity contribution in [2.45, 2.75) is 39.7 Å². The molecule has 128 valence electrons. The third-order valence-electron chi connectivity index (χ3n) is 3.05. The van der Waals surface area contributed by atoms with Gasteiger partial charge in [-0.2, -0.15) is 0 Å². The van der Waals surface area contributed by atoms with Crippen molar-refractivity contribution in [2.24, 2.45) is 4.99 Å². The van der Waals surface area contributed by atoms with Crippen molar-refractivity contribution in [1.82, 2.24) is 15.6 Å². The average molecular weight is 464 g/mol. The highest BCUT2D eigenvalue weighted by molar-refractivity contribution is 14.0. The van der Waals surface area contributed by atoms with Crippen LogP contribution in [0, 0.1) is 0 Å². The van der Waals surface area contributed by atoms with E-state index in [0.29, 0.717) is 12.5 Å². The zero-order chi connectivity index (χ0) is 15.8. The maximum Gasteiger partial charge on any atom is 0.191 e. The molecule has 0 radical (unpaired) electrons. The predicted molar refractivity (Wildman–Crippen MR) is 112 cm³/mol. The Labute approximate surface area is 163 Å². The fraction of sp³-hybridized carbons (Fsp3) is 0.500. The lowest BCUT2D eigenvalue weighted by atomic mass is 10.2. The van der Waals surface area contributed by atoms with Crippen LogP contribution in [0.25, 0.3) is 0 Å². The Kier molecular flexibility index (Phi) is 9.73. The lowest BCUT2D eigenvalue weighted by Gasteiger charge is -2.10. The first-order chi connectivity index (χ1) is 10.7. The molecule has 0 atom stereocenters. The molecule has 0 amide bonds. The first-order valence-corrected chi connectivity index (χ1v) is 9.43. The molecule has 0 aliphatic carbocycles. The number of aromatic nitrogens is 1. The van der Waals surface area contributed by atoms with E-state index in [1.54, 1.807) is 22.7 Å². The quantitative estimate of drug-likeness (QED) is 0.366. The number of guanidine groups is 1. The van der Waals surface area contributed by atoms with Crippen LogP contribution in [0.2, 0.25) is 0 Å². The minimum Gasteiger partial charge on any atom is -0.357 e. The number of thiophene rings is 1. The molecule has 4 nitrogen and oxygen atoms in total. The van der Waals surface area contributed by atoms with Gasteiger partial charge in [-0.25, -0.2) is 9.98 Å². The van der Waals surface area contributed by atoms with E-state index >= 15 is 0 Å². The van der Waals surface area contributed by atoms with Gasteiger partial charge in [0.1, 0.15) is 0 Å². The van der Waals surface area contributed by atoms with Crippen molar-refractivity contribution >= 4 is 52.6 Å². The maximum atomic E-state index is 4.62. The fourth-order valence-corrected chi connectivity index (χ4v) is 3.46. The van der Waals surface area contributed by atoms with Crippen molar-refractivity contribution in [2.75, 3.05) is 13.1 Å². The molecule has 0 bridgehead atoms. The van der Waals surface area contributed by atoms with Gasteiger partial charge in [0.25, 0.3) is 0 Å². The van der Waals surface area contributed by atoms with E-state index in [2.05, 4.69) is 64.3 Å². The second-order valence-corrected chi connectivity index (χ2v) is 7.21. The van der Waals surface area contributed by atoms with Gasteiger partial charge in [-0.3, -0.25) is 0 Å². The first-order valence-electron chi connectivity index (χ1n) is 7.68. The van der Waals surface area contributed by atoms with Gasteiger partial charge < -0.3 is 10.6 Å². The van der Waals surface area contributed by atoms with Crippen LogP contribution >= 0.6 is 46.7 Å². The average Bonchev–Trinajstić information content (AvgIpc) is 3.16. The predicted octanol–water partition coefficient (Wildman–Crippen LogP) is 4.24. The van der Waals surface area contributed by atoms with Crippen LogP contribution in [0.5, 0.6) is 0 Å². The number of nitrogens with zero attached hydrogens (tertiary/aromatic N) is 2. The molecule has 0 aliphatic rings. The van der Waals surface area contributed by atoms with Gasteiger partial charge in [0.2, 0.25) is 0 Å². The number of thiazole rings is 1. The minimum atomic E-state index is 0. The second-order valence-electron chi connectivity index (χ2n) is 5.28. The molecule has 0 aliphatic heterocycles. The van der Waals surface area contributed by atoms with E-state index < -0.39 is 0 Å². The molecular weight excluding hydrogens is 439 g/mol. The lowest BCUT2D eigenvalue weighted by Crippen LogP contribution is -2.38. The third-order valence-corrected chi connectivity index (χ3v) is 5.18. The number of nitrogens with one attached hydrogen (secondary N) is 2. The smallest absolute Gasteiger partial charge is 0.191 e. The molecule has 0 saturated heterocycles. The summed E-state index contributed by atoms with van der Waals surface area (Å²) in [6.45, 7) is 8.79. The summed E-state index contributed by atoms with van der Waals surface area (Å²) in [5, 5.41) is 12.1. The molecule has 23 heavy (non-hydrogen) atoms. The number of aliphatic imine (C=N–C) groups is 1. The van der Waals surface area contributed by atoms with E-state index in [9.17, 15) is 0 Å². The normalized spacial score (nSPS) is 11.4. The van der Waals surface area contributed by atoms with Crippen LogP contribution in [0.15, 0.2) is 27.9 Å². The molecule has 2 aromatic heterocycles. The molecule has 2 rings (SSSR count). The van der Waals surface area contributed by atoms with Crippen LogP contribution in [0.4, 0.5) is 0 Å². The monoisotopic (exact) mass is 464 g/mol. The molecule has 0 spiro atoms. The SMILES string of the molecule is CCNC(=NCc1csc(C(C)C)n1)NCCc1cccs1.I. The summed E-state index contributed by atoms with van der Waals surface area (Å²) in [6.07, 6.45) is 1.02. The Morgan fingerprint density at radius 1 is 1.30 bits per heavy atom. The maximum absolute atomic E-state index is 4.62. The summed E-state index contributed by atoms with van der Waals surface area (Å²) >= 11 is 3.51. The van der Waals surface area contributed by atoms with Crippen molar-refractivity contribution in [3.05, 3.63) is 38.5 Å². The van der Waals surface area contributed by atoms with Crippen molar-refractivity contribution < 1.29 is 0 Å². The molecule has 0 fully saturated rings. The minimum absolute atomic E-state index is 0. The van der Waals surface area contributed by atoms with E-state index in [1.165, 1.54) is 9.88 Å². The second kappa shape index (κ2) is 11.0. The highest BCUT2D eigenvalue weighted by Crippen LogP contribution is 2.19. The summed E-state index contributed by atoms with van der Waals surface area (Å²) in [5.74, 6) is 1.35. The summed E-state index contributed by atoms with van der Waals surface area (Å²) in [5.41, 5.74) is 1.05. The number of rotatable bonds is 7. The highest BCUT2D eigenvalue weighted by Gasteiger charge is 2.05. The fourth-order valence-electron chi connectivity index (χ4n) is 1.92. The number of hydrogen-bond acceptors (Lipinski definition) is 4. The van der Waals surface area contributed by atoms with Crippen LogP contribution in [0.1, 0.15) is 42.3 Å². The Morgan fingerprint density at radius 3 is 2.74 bits per heavy atom. The van der Waals surface area contributed by atoms with Crippen molar-refractivity contribution in [3.63, 3.8) is 0 Å². The molecule has 0 saturated carbocycles. The van der Waals surface area contributed by atoms with Crippen LogP contribution < -0.4 is 10.6 Å². The Balaban J connectivity index is 0.00000264. The highest BCUT2D eigenvalue weighted by atomic mass is 127. The summed E-state index contributed by atoms with van der Waals surface area (Å²) < 4.78 is 0. The molecule has 0 aromatic carbocycles. The van der Waals surface area contributed by atoms with Crippen LogP contribution in [-0.2, 0) is 13.0 Å². The molecule has 2 heterocycles. The summed E-state index contributed by atoms with van der Waals surface area (Å²) in [7, 11) is 0. The van der Waals surface area contributed by atoms with E-state index in [-0.39, 0.29) is 24.0 Å². The Hall–Kier alpha value is -0.670. The number of halogens is 1. The molecule has 7 heteroatoms. The first kappa shape index (κ1) is 20.4. The van der Waals surface area contributed by atoms with E-state index in [0.717, 1.165) is 31.2 Å². The molecular formula is C16H25IN4S2. The van der Waals surface area contributed by atoms with E-state index in [4.69, 9.17) is 0 Å². The van der Waals surface area contributed by atoms with Crippen LogP contribution in [-0.4, -0.2) is 24.0 Å². The standard InChI is InChI=1S/C16H24N4S2.HI/c1-4-17-16(18-8-7-14-6-5-9-21-14)19-10-13-11-22-15(20-13)12(2)3;/h5-6,9,11-12H,4,7-8,10H2,1-3H3,(H2,17,18,19);1H. The zero-order valence-corrected chi connectivity index (χ0v) is 17.8. The Morgan fingerprint density at radius 2 is 2.13 bits per heavy atom. The summed E-state index contributed by atoms with van der Waals surface area (Å²) in [6, 6.07) is 4.26.